The van der Waals surface area contributed by atoms with Crippen LogP contribution in [0.1, 0.15) is 22.6 Å². The van der Waals surface area contributed by atoms with Crippen molar-refractivity contribution in [3.8, 4) is 22.9 Å². The maximum absolute atomic E-state index is 13.4. The van der Waals surface area contributed by atoms with Gasteiger partial charge in [0.1, 0.15) is 5.82 Å². The highest BCUT2D eigenvalue weighted by atomic mass is 32.2. The van der Waals surface area contributed by atoms with Gasteiger partial charge in [-0.25, -0.2) is 19.2 Å². The van der Waals surface area contributed by atoms with Gasteiger partial charge in [-0.15, -0.1) is 0 Å². The monoisotopic (exact) mass is 552 g/mol. The van der Waals surface area contributed by atoms with Crippen LogP contribution in [-0.4, -0.2) is 24.2 Å². The van der Waals surface area contributed by atoms with Gasteiger partial charge in [-0.05, 0) is 54.4 Å². The van der Waals surface area contributed by atoms with Gasteiger partial charge < -0.3 is 10.3 Å². The molecule has 1 aromatic heterocycles. The summed E-state index contributed by atoms with van der Waals surface area (Å²) < 4.78 is 65.8. The molecule has 3 aromatic carbocycles. The number of sulfone groups is 1. The van der Waals surface area contributed by atoms with Crippen LogP contribution in [0, 0.1) is 18.3 Å². The third-order valence-corrected chi connectivity index (χ3v) is 7.10. The molecule has 0 saturated carbocycles. The molecule has 0 spiro atoms. The molecule has 0 aliphatic rings. The Kier molecular flexibility index (Phi) is 7.23. The third kappa shape index (κ3) is 5.64. The van der Waals surface area contributed by atoms with Gasteiger partial charge in [-0.1, -0.05) is 30.3 Å². The Labute approximate surface area is 223 Å². The quantitative estimate of drug-likeness (QED) is 0.260. The molecule has 4 N–H and O–H groups in total. The highest BCUT2D eigenvalue weighted by Crippen LogP contribution is 2.36. The molecule has 39 heavy (non-hydrogen) atoms. The first-order chi connectivity index (χ1) is 18.3. The number of benzene rings is 3. The van der Waals surface area contributed by atoms with Crippen molar-refractivity contribution in [3.63, 3.8) is 0 Å². The van der Waals surface area contributed by atoms with Crippen molar-refractivity contribution in [1.29, 1.82) is 5.26 Å². The van der Waals surface area contributed by atoms with E-state index in [-0.39, 0.29) is 22.1 Å². The SMILES string of the molecule is Cc1nc(C(F)(F)F)cn1-c1ccc(-c2cccc(S(C)(=O)=O)c2)cc1N(N)/C(=C\N)c1ccc(C#N)cc1. The van der Waals surface area contributed by atoms with E-state index in [1.165, 1.54) is 34.8 Å². The molecule has 200 valence electrons. The fourth-order valence-corrected chi connectivity index (χ4v) is 4.69. The molecule has 0 fully saturated rings. The van der Waals surface area contributed by atoms with Crippen LogP contribution in [0.3, 0.4) is 0 Å². The Morgan fingerprint density at radius 2 is 1.74 bits per heavy atom. The van der Waals surface area contributed by atoms with Gasteiger partial charge in [-0.2, -0.15) is 18.4 Å². The number of hydrogen-bond donors (Lipinski definition) is 2. The normalized spacial score (nSPS) is 12.3. The Morgan fingerprint density at radius 3 is 2.31 bits per heavy atom. The molecule has 4 rings (SSSR count). The number of aromatic nitrogens is 2. The number of rotatable bonds is 6. The van der Waals surface area contributed by atoms with E-state index in [4.69, 9.17) is 16.8 Å². The predicted octanol–water partition coefficient (Wildman–Crippen LogP) is 4.78. The summed E-state index contributed by atoms with van der Waals surface area (Å²) >= 11 is 0. The average Bonchev–Trinajstić information content (AvgIpc) is 3.30. The zero-order valence-electron chi connectivity index (χ0n) is 20.8. The number of nitrogens with two attached hydrogens (primary N) is 2. The van der Waals surface area contributed by atoms with Crippen molar-refractivity contribution < 1.29 is 21.6 Å². The molecule has 0 aliphatic carbocycles. The van der Waals surface area contributed by atoms with Crippen LogP contribution in [0.2, 0.25) is 0 Å². The number of alkyl halides is 3. The van der Waals surface area contributed by atoms with Crippen molar-refractivity contribution in [3.05, 3.63) is 102 Å². The number of halogens is 3. The topological polar surface area (TPSA) is 131 Å². The standard InChI is InChI=1S/C27H23F3N6O2S/c1-17-34-26(27(28,29)30)16-35(17)23-11-10-21(20-4-3-5-22(12-20)39(2,37)38)13-24(23)36(33)25(15-32)19-8-6-18(14-31)7-9-19/h3-13,15-16H,32-33H2,1-2H3/b25-15-. The maximum Gasteiger partial charge on any atom is 0.434 e. The van der Waals surface area contributed by atoms with E-state index in [9.17, 15) is 21.6 Å². The number of nitriles is 1. The Balaban J connectivity index is 1.92. The highest BCUT2D eigenvalue weighted by molar-refractivity contribution is 7.90. The summed E-state index contributed by atoms with van der Waals surface area (Å²) in [5.41, 5.74) is 7.76. The molecule has 0 radical (unpaired) electrons. The van der Waals surface area contributed by atoms with Crippen molar-refractivity contribution in [2.75, 3.05) is 11.3 Å². The van der Waals surface area contributed by atoms with Crippen LogP contribution in [-0.2, 0) is 16.0 Å². The lowest BCUT2D eigenvalue weighted by Gasteiger charge is -2.26. The van der Waals surface area contributed by atoms with E-state index in [0.29, 0.717) is 28.0 Å². The molecule has 12 heteroatoms. The van der Waals surface area contributed by atoms with Crippen LogP contribution in [0.25, 0.3) is 22.5 Å². The molecule has 0 unspecified atom stereocenters. The maximum atomic E-state index is 13.4. The summed E-state index contributed by atoms with van der Waals surface area (Å²) in [6.07, 6.45) is -1.45. The summed E-state index contributed by atoms with van der Waals surface area (Å²) in [6, 6.07) is 19.6. The molecule has 0 amide bonds. The zero-order chi connectivity index (χ0) is 28.5. The smallest absolute Gasteiger partial charge is 0.403 e. The van der Waals surface area contributed by atoms with Gasteiger partial charge in [0.05, 0.1) is 33.6 Å². The fourth-order valence-electron chi connectivity index (χ4n) is 4.02. The predicted molar refractivity (Wildman–Crippen MR) is 142 cm³/mol. The van der Waals surface area contributed by atoms with Gasteiger partial charge in [-0.3, -0.25) is 5.01 Å². The Bertz CT molecular complexity index is 1720. The van der Waals surface area contributed by atoms with Crippen molar-refractivity contribution in [2.24, 2.45) is 11.6 Å². The summed E-state index contributed by atoms with van der Waals surface area (Å²) in [5.74, 6) is 6.62. The molecule has 0 saturated heterocycles. The second kappa shape index (κ2) is 10.3. The van der Waals surface area contributed by atoms with E-state index in [0.717, 1.165) is 12.5 Å². The lowest BCUT2D eigenvalue weighted by Crippen LogP contribution is -2.31. The second-order valence-electron chi connectivity index (χ2n) is 8.66. The minimum absolute atomic E-state index is 0.0699. The Hall–Kier alpha value is -4.60. The van der Waals surface area contributed by atoms with E-state index in [1.807, 2.05) is 6.07 Å². The van der Waals surface area contributed by atoms with Gasteiger partial charge in [0.2, 0.25) is 0 Å². The minimum Gasteiger partial charge on any atom is -0.403 e. The molecule has 0 aliphatic heterocycles. The van der Waals surface area contributed by atoms with Gasteiger partial charge in [0, 0.05) is 24.2 Å². The number of imidazole rings is 1. The number of hydrogen-bond acceptors (Lipinski definition) is 7. The van der Waals surface area contributed by atoms with Crippen LogP contribution < -0.4 is 16.6 Å². The number of hydrazine groups is 1. The van der Waals surface area contributed by atoms with Crippen LogP contribution in [0.4, 0.5) is 18.9 Å². The summed E-state index contributed by atoms with van der Waals surface area (Å²) in [6.45, 7) is 1.43. The third-order valence-electron chi connectivity index (χ3n) is 5.99. The van der Waals surface area contributed by atoms with Crippen molar-refractivity contribution in [2.45, 2.75) is 18.0 Å². The van der Waals surface area contributed by atoms with Gasteiger partial charge >= 0.3 is 6.18 Å². The van der Waals surface area contributed by atoms with Crippen molar-refractivity contribution >= 4 is 21.2 Å². The molecule has 0 bridgehead atoms. The van der Waals surface area contributed by atoms with Crippen molar-refractivity contribution in [1.82, 2.24) is 9.55 Å². The van der Waals surface area contributed by atoms with Gasteiger partial charge in [0.25, 0.3) is 0 Å². The highest BCUT2D eigenvalue weighted by Gasteiger charge is 2.35. The van der Waals surface area contributed by atoms with E-state index >= 15 is 0 Å². The van der Waals surface area contributed by atoms with E-state index in [2.05, 4.69) is 4.98 Å². The largest absolute Gasteiger partial charge is 0.434 e. The fraction of sp³-hybridized carbons (Fsp3) is 0.111. The van der Waals surface area contributed by atoms with E-state index in [1.54, 1.807) is 54.6 Å². The molecular formula is C27H23F3N6O2S. The van der Waals surface area contributed by atoms with Gasteiger partial charge in [0.15, 0.2) is 15.5 Å². The van der Waals surface area contributed by atoms with E-state index < -0.39 is 21.7 Å². The first-order valence-corrected chi connectivity index (χ1v) is 13.3. The first-order valence-electron chi connectivity index (χ1n) is 11.4. The average molecular weight is 553 g/mol. The zero-order valence-corrected chi connectivity index (χ0v) is 21.6. The van der Waals surface area contributed by atoms with Crippen LogP contribution in [0.15, 0.2) is 84.0 Å². The summed E-state index contributed by atoms with van der Waals surface area (Å²) in [5, 5.41) is 10.3. The minimum atomic E-state index is -4.66. The summed E-state index contributed by atoms with van der Waals surface area (Å²) in [7, 11) is -3.49. The van der Waals surface area contributed by atoms with Crippen LogP contribution >= 0.6 is 0 Å². The number of anilines is 1. The second-order valence-corrected chi connectivity index (χ2v) is 10.7. The number of aryl methyl sites for hydroxylation is 1. The molecule has 4 aromatic rings. The molecule has 8 nitrogen and oxygen atoms in total. The lowest BCUT2D eigenvalue weighted by atomic mass is 10.0. The summed E-state index contributed by atoms with van der Waals surface area (Å²) in [4.78, 5) is 3.77. The first kappa shape index (κ1) is 27.4. The molecule has 0 atom stereocenters. The number of nitrogens with zero attached hydrogens (tertiary/aromatic N) is 4. The lowest BCUT2D eigenvalue weighted by molar-refractivity contribution is -0.141. The molecule has 1 heterocycles. The Morgan fingerprint density at radius 1 is 1.08 bits per heavy atom. The van der Waals surface area contributed by atoms with Crippen LogP contribution in [0.5, 0.6) is 0 Å². The molecular weight excluding hydrogens is 529 g/mol.